The molecule has 0 radical (unpaired) electrons. The number of benzene rings is 1. The minimum atomic E-state index is -0.303. The summed E-state index contributed by atoms with van der Waals surface area (Å²) in [5.74, 6) is -0.303. The molecule has 3 heteroatoms. The summed E-state index contributed by atoms with van der Waals surface area (Å²) in [6.45, 7) is 4.31. The van der Waals surface area contributed by atoms with Crippen LogP contribution in [0, 0.1) is 6.92 Å². The van der Waals surface area contributed by atoms with Gasteiger partial charge in [-0.25, -0.2) is 0 Å². The van der Waals surface area contributed by atoms with E-state index >= 15 is 0 Å². The first kappa shape index (κ1) is 13.1. The van der Waals surface area contributed by atoms with Crippen LogP contribution in [-0.2, 0) is 14.9 Å². The molecule has 0 aromatic heterocycles. The maximum Gasteiger partial charge on any atom is 0.168 e. The van der Waals surface area contributed by atoms with Crippen molar-refractivity contribution in [2.45, 2.75) is 43.8 Å². The average Bonchev–Trinajstić information content (AvgIpc) is 2.89. The Morgan fingerprint density at radius 2 is 1.79 bits per heavy atom. The number of hydrogen-bond acceptors (Lipinski definition) is 3. The number of hydrogen-bond donors (Lipinski definition) is 1. The number of ether oxygens (including phenoxy) is 2. The fraction of sp³-hybridized carbons (Fsp3) is 0.625. The molecular formula is C16H23NO2. The molecule has 1 aliphatic heterocycles. The molecule has 2 fully saturated rings. The smallest absolute Gasteiger partial charge is 0.168 e. The Balaban J connectivity index is 1.82. The molecule has 0 unspecified atom stereocenters. The molecule has 1 saturated carbocycles. The molecule has 0 amide bonds. The summed E-state index contributed by atoms with van der Waals surface area (Å²) in [5, 5.41) is 0. The third kappa shape index (κ3) is 2.31. The Bertz CT molecular complexity index is 442. The Morgan fingerprint density at radius 1 is 1.11 bits per heavy atom. The summed E-state index contributed by atoms with van der Waals surface area (Å²) in [4.78, 5) is 0. The van der Waals surface area contributed by atoms with E-state index < -0.39 is 0 Å². The van der Waals surface area contributed by atoms with E-state index in [4.69, 9.17) is 15.2 Å². The lowest BCUT2D eigenvalue weighted by molar-refractivity contribution is -0.184. The third-order valence-corrected chi connectivity index (χ3v) is 4.80. The van der Waals surface area contributed by atoms with Crippen molar-refractivity contribution in [2.75, 3.05) is 19.8 Å². The van der Waals surface area contributed by atoms with E-state index in [9.17, 15) is 0 Å². The summed E-state index contributed by atoms with van der Waals surface area (Å²) in [7, 11) is 0. The van der Waals surface area contributed by atoms with E-state index in [-0.39, 0.29) is 11.2 Å². The summed E-state index contributed by atoms with van der Waals surface area (Å²) in [6, 6.07) is 8.77. The molecule has 3 nitrogen and oxygen atoms in total. The van der Waals surface area contributed by atoms with E-state index in [1.807, 2.05) is 0 Å². The van der Waals surface area contributed by atoms with Crippen LogP contribution >= 0.6 is 0 Å². The van der Waals surface area contributed by atoms with Crippen molar-refractivity contribution in [3.05, 3.63) is 35.4 Å². The van der Waals surface area contributed by atoms with Crippen LogP contribution in [-0.4, -0.2) is 25.5 Å². The van der Waals surface area contributed by atoms with E-state index in [1.54, 1.807) is 0 Å². The molecule has 3 rings (SSSR count). The van der Waals surface area contributed by atoms with Gasteiger partial charge in [0.1, 0.15) is 0 Å². The minimum absolute atomic E-state index is 0.104. The Morgan fingerprint density at radius 3 is 2.37 bits per heavy atom. The van der Waals surface area contributed by atoms with Gasteiger partial charge in [-0.05, 0) is 25.3 Å². The van der Waals surface area contributed by atoms with Gasteiger partial charge >= 0.3 is 0 Å². The molecule has 1 aromatic rings. The molecule has 1 saturated heterocycles. The van der Waals surface area contributed by atoms with Crippen LogP contribution in [0.4, 0.5) is 0 Å². The van der Waals surface area contributed by atoms with Crippen molar-refractivity contribution >= 4 is 0 Å². The van der Waals surface area contributed by atoms with Gasteiger partial charge in [-0.1, -0.05) is 29.8 Å². The highest BCUT2D eigenvalue weighted by Crippen LogP contribution is 2.45. The first-order valence-corrected chi connectivity index (χ1v) is 7.23. The van der Waals surface area contributed by atoms with Crippen molar-refractivity contribution < 1.29 is 9.47 Å². The normalized spacial score (nSPS) is 24.7. The van der Waals surface area contributed by atoms with E-state index in [0.29, 0.717) is 6.54 Å². The SMILES string of the molecule is Cc1cccc(C2(CN)CCC3(CC2)OCCO3)c1. The summed E-state index contributed by atoms with van der Waals surface area (Å²) < 4.78 is 11.6. The standard InChI is InChI=1S/C16H23NO2/c1-13-3-2-4-14(11-13)15(12-17)5-7-16(8-6-15)18-9-10-19-16/h2-4,11H,5-10,12,17H2,1H3. The fourth-order valence-electron chi connectivity index (χ4n) is 3.48. The summed E-state index contributed by atoms with van der Waals surface area (Å²) >= 11 is 0. The average molecular weight is 261 g/mol. The zero-order chi connectivity index (χ0) is 13.3. The largest absolute Gasteiger partial charge is 0.348 e. The van der Waals surface area contributed by atoms with Gasteiger partial charge in [0, 0.05) is 24.8 Å². The second kappa shape index (κ2) is 4.89. The van der Waals surface area contributed by atoms with Gasteiger partial charge in [-0.15, -0.1) is 0 Å². The van der Waals surface area contributed by atoms with Gasteiger partial charge in [-0.2, -0.15) is 0 Å². The van der Waals surface area contributed by atoms with Crippen LogP contribution in [0.25, 0.3) is 0 Å². The highest BCUT2D eigenvalue weighted by atomic mass is 16.7. The molecule has 2 N–H and O–H groups in total. The van der Waals surface area contributed by atoms with Crippen LogP contribution in [0.3, 0.4) is 0 Å². The molecule has 19 heavy (non-hydrogen) atoms. The molecule has 2 aliphatic rings. The lowest BCUT2D eigenvalue weighted by Gasteiger charge is -2.43. The van der Waals surface area contributed by atoms with Gasteiger partial charge in [-0.3, -0.25) is 0 Å². The Hall–Kier alpha value is -0.900. The van der Waals surface area contributed by atoms with E-state index in [0.717, 1.165) is 38.9 Å². The summed E-state index contributed by atoms with van der Waals surface area (Å²) in [6.07, 6.45) is 4.01. The second-order valence-electron chi connectivity index (χ2n) is 5.96. The zero-order valence-corrected chi connectivity index (χ0v) is 11.7. The van der Waals surface area contributed by atoms with Gasteiger partial charge in [0.25, 0.3) is 0 Å². The van der Waals surface area contributed by atoms with Crippen molar-refractivity contribution in [2.24, 2.45) is 5.73 Å². The predicted octanol–water partition coefficient (Wildman–Crippen LogP) is 2.51. The molecular weight excluding hydrogens is 238 g/mol. The molecule has 1 spiro atoms. The number of nitrogens with two attached hydrogens (primary N) is 1. The van der Waals surface area contributed by atoms with Crippen molar-refractivity contribution in [3.8, 4) is 0 Å². The van der Waals surface area contributed by atoms with Crippen LogP contribution in [0.15, 0.2) is 24.3 Å². The van der Waals surface area contributed by atoms with Crippen molar-refractivity contribution in [1.29, 1.82) is 0 Å². The molecule has 1 aromatic carbocycles. The number of aryl methyl sites for hydroxylation is 1. The summed E-state index contributed by atoms with van der Waals surface area (Å²) in [5.41, 5.74) is 8.91. The van der Waals surface area contributed by atoms with Crippen molar-refractivity contribution in [1.82, 2.24) is 0 Å². The van der Waals surface area contributed by atoms with Gasteiger partial charge < -0.3 is 15.2 Å². The zero-order valence-electron chi connectivity index (χ0n) is 11.7. The minimum Gasteiger partial charge on any atom is -0.348 e. The number of rotatable bonds is 2. The quantitative estimate of drug-likeness (QED) is 0.889. The van der Waals surface area contributed by atoms with Crippen LogP contribution < -0.4 is 5.73 Å². The van der Waals surface area contributed by atoms with Crippen molar-refractivity contribution in [3.63, 3.8) is 0 Å². The predicted molar refractivity (Wildman–Crippen MR) is 75.0 cm³/mol. The molecule has 0 atom stereocenters. The van der Waals surface area contributed by atoms with Crippen LogP contribution in [0.2, 0.25) is 0 Å². The lowest BCUT2D eigenvalue weighted by Crippen LogP contribution is -2.45. The Kier molecular flexibility index (Phi) is 3.37. The second-order valence-corrected chi connectivity index (χ2v) is 5.96. The third-order valence-electron chi connectivity index (χ3n) is 4.80. The maximum absolute atomic E-state index is 6.13. The van der Waals surface area contributed by atoms with Gasteiger partial charge in [0.05, 0.1) is 13.2 Å². The maximum atomic E-state index is 6.13. The highest BCUT2D eigenvalue weighted by molar-refractivity contribution is 5.31. The van der Waals surface area contributed by atoms with Gasteiger partial charge in [0.2, 0.25) is 0 Å². The highest BCUT2D eigenvalue weighted by Gasteiger charge is 2.46. The molecule has 1 heterocycles. The van der Waals surface area contributed by atoms with Gasteiger partial charge in [0.15, 0.2) is 5.79 Å². The van der Waals surface area contributed by atoms with Crippen LogP contribution in [0.5, 0.6) is 0 Å². The lowest BCUT2D eigenvalue weighted by atomic mass is 9.67. The first-order chi connectivity index (χ1) is 9.18. The molecule has 0 bridgehead atoms. The first-order valence-electron chi connectivity index (χ1n) is 7.23. The fourth-order valence-corrected chi connectivity index (χ4v) is 3.48. The topological polar surface area (TPSA) is 44.5 Å². The van der Waals surface area contributed by atoms with E-state index in [1.165, 1.54) is 11.1 Å². The molecule has 104 valence electrons. The monoisotopic (exact) mass is 261 g/mol. The Labute approximate surface area is 115 Å². The van der Waals surface area contributed by atoms with Crippen LogP contribution in [0.1, 0.15) is 36.8 Å². The van der Waals surface area contributed by atoms with E-state index in [2.05, 4.69) is 31.2 Å². The molecule has 1 aliphatic carbocycles.